The van der Waals surface area contributed by atoms with Crippen LogP contribution in [0.2, 0.25) is 5.02 Å². The number of ether oxygens (including phenoxy) is 1. The van der Waals surface area contributed by atoms with Crippen LogP contribution in [0.15, 0.2) is 60.8 Å². The van der Waals surface area contributed by atoms with Gasteiger partial charge >= 0.3 is 5.97 Å². The molecule has 3 aromatic carbocycles. The second-order valence-electron chi connectivity index (χ2n) is 8.74. The summed E-state index contributed by atoms with van der Waals surface area (Å²) in [5.74, 6) is -0.0860. The number of aromatic amines is 1. The van der Waals surface area contributed by atoms with Crippen LogP contribution in [-0.2, 0) is 11.2 Å². The third-order valence-corrected chi connectivity index (χ3v) is 5.85. The second kappa shape index (κ2) is 10.6. The van der Waals surface area contributed by atoms with Gasteiger partial charge in [-0.05, 0) is 72.0 Å². The van der Waals surface area contributed by atoms with Crippen molar-refractivity contribution in [2.45, 2.75) is 26.7 Å². The van der Waals surface area contributed by atoms with Crippen LogP contribution < -0.4 is 10.1 Å². The minimum absolute atomic E-state index is 0.0448. The molecule has 1 aromatic heterocycles. The third-order valence-electron chi connectivity index (χ3n) is 5.49. The molecule has 180 valence electrons. The van der Waals surface area contributed by atoms with Crippen molar-refractivity contribution in [3.8, 4) is 16.9 Å². The molecule has 0 atom stereocenters. The number of aliphatic carboxylic acids is 1. The van der Waals surface area contributed by atoms with Gasteiger partial charge in [0.1, 0.15) is 5.75 Å². The van der Waals surface area contributed by atoms with E-state index in [1.165, 1.54) is 0 Å². The summed E-state index contributed by atoms with van der Waals surface area (Å²) in [5.41, 5.74) is 4.18. The summed E-state index contributed by atoms with van der Waals surface area (Å²) in [4.78, 5) is 24.2. The van der Waals surface area contributed by atoms with Crippen molar-refractivity contribution < 1.29 is 19.4 Å². The molecule has 0 aliphatic heterocycles. The third kappa shape index (κ3) is 6.00. The van der Waals surface area contributed by atoms with Gasteiger partial charge in [0.2, 0.25) is 0 Å². The van der Waals surface area contributed by atoms with E-state index < -0.39 is 5.97 Å². The Hall–Kier alpha value is -3.84. The number of fused-ring (bicyclic) bond motifs is 1. The predicted molar refractivity (Wildman–Crippen MR) is 137 cm³/mol. The summed E-state index contributed by atoms with van der Waals surface area (Å²) in [6, 6.07) is 16.3. The van der Waals surface area contributed by atoms with Crippen molar-refractivity contribution in [2.75, 3.05) is 11.9 Å². The summed E-state index contributed by atoms with van der Waals surface area (Å²) in [6.07, 6.45) is 1.96. The van der Waals surface area contributed by atoms with Gasteiger partial charge in [-0.25, -0.2) is 0 Å². The van der Waals surface area contributed by atoms with Gasteiger partial charge in [0.25, 0.3) is 5.91 Å². The van der Waals surface area contributed by atoms with E-state index in [1.807, 2.05) is 24.3 Å². The van der Waals surface area contributed by atoms with Crippen molar-refractivity contribution in [2.24, 2.45) is 5.92 Å². The maximum atomic E-state index is 13.1. The number of carboxylic acids is 1. The fraction of sp³-hybridized carbons (Fsp3) is 0.222. The van der Waals surface area contributed by atoms with Gasteiger partial charge in [0.15, 0.2) is 0 Å². The molecule has 3 N–H and O–H groups in total. The summed E-state index contributed by atoms with van der Waals surface area (Å²) in [6.45, 7) is 4.74. The molecular formula is C27H26ClN3O4. The molecule has 4 aromatic rings. The molecule has 0 fully saturated rings. The molecule has 0 saturated carbocycles. The minimum atomic E-state index is -0.902. The van der Waals surface area contributed by atoms with Gasteiger partial charge < -0.3 is 15.2 Å². The Balaban J connectivity index is 1.65. The van der Waals surface area contributed by atoms with E-state index in [0.717, 1.165) is 22.0 Å². The SMILES string of the molecule is CC(C)COc1ccc(C(=O)Nc2cc(Cl)c(CCC(=O)O)cc2-c2ccc3[nH]ncc3c2)cc1. The number of aryl methyl sites for hydroxylation is 1. The lowest BCUT2D eigenvalue weighted by Crippen LogP contribution is -2.13. The maximum absolute atomic E-state index is 13.1. The maximum Gasteiger partial charge on any atom is 0.303 e. The number of carboxylic acid groups (broad SMARTS) is 1. The first kappa shape index (κ1) is 24.3. The van der Waals surface area contributed by atoms with Gasteiger partial charge in [-0.15, -0.1) is 0 Å². The lowest BCUT2D eigenvalue weighted by atomic mass is 9.97. The number of nitrogens with one attached hydrogen (secondary N) is 2. The zero-order valence-corrected chi connectivity index (χ0v) is 20.2. The molecule has 4 rings (SSSR count). The molecule has 0 bridgehead atoms. The molecule has 0 radical (unpaired) electrons. The Labute approximate surface area is 208 Å². The molecule has 7 nitrogen and oxygen atoms in total. The lowest BCUT2D eigenvalue weighted by Gasteiger charge is -2.16. The van der Waals surface area contributed by atoms with Crippen LogP contribution in [0.25, 0.3) is 22.0 Å². The van der Waals surface area contributed by atoms with Crippen LogP contribution >= 0.6 is 11.6 Å². The highest BCUT2D eigenvalue weighted by atomic mass is 35.5. The van der Waals surface area contributed by atoms with Crippen LogP contribution in [0.4, 0.5) is 5.69 Å². The highest BCUT2D eigenvalue weighted by Gasteiger charge is 2.16. The fourth-order valence-electron chi connectivity index (χ4n) is 3.66. The van der Waals surface area contributed by atoms with Crippen LogP contribution in [0.3, 0.4) is 0 Å². The van der Waals surface area contributed by atoms with E-state index in [0.29, 0.717) is 40.1 Å². The number of amides is 1. The average molecular weight is 492 g/mol. The highest BCUT2D eigenvalue weighted by molar-refractivity contribution is 6.32. The summed E-state index contributed by atoms with van der Waals surface area (Å²) in [5, 5.41) is 20.4. The van der Waals surface area contributed by atoms with Crippen molar-refractivity contribution in [1.29, 1.82) is 0 Å². The zero-order valence-electron chi connectivity index (χ0n) is 19.5. The number of anilines is 1. The number of aromatic nitrogens is 2. The average Bonchev–Trinajstić information content (AvgIpc) is 3.30. The van der Waals surface area contributed by atoms with Gasteiger partial charge in [0.05, 0.1) is 24.0 Å². The Morgan fingerprint density at radius 3 is 2.60 bits per heavy atom. The number of carbonyl (C=O) groups is 2. The molecule has 0 aliphatic rings. The molecular weight excluding hydrogens is 466 g/mol. The van der Waals surface area contributed by atoms with E-state index in [1.54, 1.807) is 36.5 Å². The van der Waals surface area contributed by atoms with Crippen molar-refractivity contribution in [1.82, 2.24) is 10.2 Å². The minimum Gasteiger partial charge on any atom is -0.493 e. The number of benzene rings is 3. The molecule has 8 heteroatoms. The highest BCUT2D eigenvalue weighted by Crippen LogP contribution is 2.35. The number of halogens is 1. The number of carbonyl (C=O) groups excluding carboxylic acids is 1. The van der Waals surface area contributed by atoms with Crippen molar-refractivity contribution in [3.63, 3.8) is 0 Å². The quantitative estimate of drug-likeness (QED) is 0.259. The van der Waals surface area contributed by atoms with Gasteiger partial charge in [-0.1, -0.05) is 31.5 Å². The lowest BCUT2D eigenvalue weighted by molar-refractivity contribution is -0.136. The van der Waals surface area contributed by atoms with Crippen LogP contribution in [0, 0.1) is 5.92 Å². The standard InChI is InChI=1S/C27H26ClN3O4/c1-16(2)15-35-21-7-3-17(4-8-21)27(34)30-25-13-23(28)19(6-10-26(32)33)12-22(25)18-5-9-24-20(11-18)14-29-31-24/h3-5,7-9,11-14,16H,6,10,15H2,1-2H3,(H,29,31)(H,30,34)(H,32,33). The molecule has 1 heterocycles. The number of hydrogen-bond donors (Lipinski definition) is 3. The molecule has 0 spiro atoms. The Morgan fingerprint density at radius 1 is 1.11 bits per heavy atom. The Morgan fingerprint density at radius 2 is 1.89 bits per heavy atom. The summed E-state index contributed by atoms with van der Waals surface area (Å²) in [7, 11) is 0. The first-order chi connectivity index (χ1) is 16.8. The number of rotatable bonds is 9. The largest absolute Gasteiger partial charge is 0.493 e. The predicted octanol–water partition coefficient (Wildman–Crippen LogP) is 6.19. The first-order valence-corrected chi connectivity index (χ1v) is 11.7. The van der Waals surface area contributed by atoms with Gasteiger partial charge in [-0.2, -0.15) is 5.10 Å². The number of nitrogens with zero attached hydrogens (tertiary/aromatic N) is 1. The normalized spacial score (nSPS) is 11.1. The monoisotopic (exact) mass is 491 g/mol. The van der Waals surface area contributed by atoms with E-state index >= 15 is 0 Å². The number of H-pyrrole nitrogens is 1. The molecule has 0 unspecified atom stereocenters. The van der Waals surface area contributed by atoms with E-state index in [-0.39, 0.29) is 18.7 Å². The van der Waals surface area contributed by atoms with E-state index in [4.69, 9.17) is 21.4 Å². The molecule has 0 saturated heterocycles. The Kier molecular flexibility index (Phi) is 7.36. The molecule has 0 aliphatic carbocycles. The smallest absolute Gasteiger partial charge is 0.303 e. The van der Waals surface area contributed by atoms with Crippen LogP contribution in [0.5, 0.6) is 5.75 Å². The van der Waals surface area contributed by atoms with Gasteiger partial charge in [-0.3, -0.25) is 14.7 Å². The second-order valence-corrected chi connectivity index (χ2v) is 9.15. The molecule has 35 heavy (non-hydrogen) atoms. The van der Waals surface area contributed by atoms with Crippen LogP contribution in [0.1, 0.15) is 36.2 Å². The fourth-order valence-corrected chi connectivity index (χ4v) is 3.92. The summed E-state index contributed by atoms with van der Waals surface area (Å²) >= 11 is 6.48. The van der Waals surface area contributed by atoms with Crippen molar-refractivity contribution >= 4 is 40.1 Å². The first-order valence-electron chi connectivity index (χ1n) is 11.3. The van der Waals surface area contributed by atoms with Gasteiger partial charge in [0, 0.05) is 28.0 Å². The van der Waals surface area contributed by atoms with E-state index in [2.05, 4.69) is 29.4 Å². The van der Waals surface area contributed by atoms with Crippen LogP contribution in [-0.4, -0.2) is 33.8 Å². The topological polar surface area (TPSA) is 104 Å². The van der Waals surface area contributed by atoms with Crippen molar-refractivity contribution in [3.05, 3.63) is 76.9 Å². The Bertz CT molecular complexity index is 1360. The number of hydrogen-bond acceptors (Lipinski definition) is 4. The zero-order chi connectivity index (χ0) is 24.9. The van der Waals surface area contributed by atoms with E-state index in [9.17, 15) is 9.59 Å². The summed E-state index contributed by atoms with van der Waals surface area (Å²) < 4.78 is 5.70. The molecule has 1 amide bonds.